The summed E-state index contributed by atoms with van der Waals surface area (Å²) >= 11 is 0. The lowest BCUT2D eigenvalue weighted by atomic mass is 10.2. The number of carbonyl (C=O) groups is 2. The molecule has 0 aromatic rings. The third-order valence-corrected chi connectivity index (χ3v) is 3.62. The number of aliphatic hydroxyl groups is 1. The Labute approximate surface area is 169 Å². The molecule has 1 atom stereocenters. The number of hydrogen-bond acceptors (Lipinski definition) is 5. The van der Waals surface area contributed by atoms with Crippen LogP contribution in [0, 0.1) is 0 Å². The Morgan fingerprint density at radius 1 is 0.821 bits per heavy atom. The van der Waals surface area contributed by atoms with Crippen molar-refractivity contribution in [2.24, 2.45) is 0 Å². The minimum Gasteiger partial charge on any atom is -0.462 e. The van der Waals surface area contributed by atoms with Crippen molar-refractivity contribution < 1.29 is 24.2 Å². The van der Waals surface area contributed by atoms with Gasteiger partial charge in [0.1, 0.15) is 6.61 Å². The van der Waals surface area contributed by atoms with Crippen LogP contribution >= 0.6 is 0 Å². The summed E-state index contributed by atoms with van der Waals surface area (Å²) in [6, 6.07) is 0. The first-order chi connectivity index (χ1) is 13.6. The van der Waals surface area contributed by atoms with Gasteiger partial charge in [-0.15, -0.1) is 0 Å². The molecule has 0 amide bonds. The van der Waals surface area contributed by atoms with Gasteiger partial charge in [0.25, 0.3) is 0 Å². The molecule has 1 N–H and O–H groups in total. The van der Waals surface area contributed by atoms with Crippen LogP contribution in [0.1, 0.15) is 65.2 Å². The first kappa shape index (κ1) is 25.9. The molecule has 0 bridgehead atoms. The molecule has 0 saturated carbocycles. The van der Waals surface area contributed by atoms with Crippen molar-refractivity contribution in [2.75, 3.05) is 13.2 Å². The summed E-state index contributed by atoms with van der Waals surface area (Å²) in [6.45, 7) is 3.53. The predicted octanol–water partition coefficient (Wildman–Crippen LogP) is 4.82. The van der Waals surface area contributed by atoms with Gasteiger partial charge in [0, 0.05) is 12.8 Å². The average Bonchev–Trinajstić information content (AvgIpc) is 2.68. The molecular weight excluding hydrogens is 356 g/mol. The Kier molecular flexibility index (Phi) is 18.1. The van der Waals surface area contributed by atoms with Crippen molar-refractivity contribution in [3.8, 4) is 0 Å². The standard InChI is InChI=1S/C23H36O5/c1-3-5-6-7-8-9-10-11-12-13-14-15-16-18-23(26)28-21(19-24)20-27-22(25)17-4-2/h5-6,8-9,11-12,14-15,21,24H,3-4,7,10,13,16-20H2,1-2H3/b6-5-,9-8-,12-11-,15-14-. The molecule has 1 unspecified atom stereocenters. The quantitative estimate of drug-likeness (QED) is 0.301. The fourth-order valence-corrected chi connectivity index (χ4v) is 2.13. The number of aliphatic hydroxyl groups excluding tert-OH is 1. The lowest BCUT2D eigenvalue weighted by Crippen LogP contribution is -2.28. The summed E-state index contributed by atoms with van der Waals surface area (Å²) in [5.74, 6) is -0.759. The summed E-state index contributed by atoms with van der Waals surface area (Å²) in [5.41, 5.74) is 0. The third kappa shape index (κ3) is 17.3. The third-order valence-electron chi connectivity index (χ3n) is 3.62. The van der Waals surface area contributed by atoms with E-state index in [9.17, 15) is 14.7 Å². The highest BCUT2D eigenvalue weighted by Crippen LogP contribution is 2.02. The van der Waals surface area contributed by atoms with Gasteiger partial charge in [-0.25, -0.2) is 0 Å². The van der Waals surface area contributed by atoms with Crippen LogP contribution < -0.4 is 0 Å². The van der Waals surface area contributed by atoms with Crippen LogP contribution in [0.5, 0.6) is 0 Å². The second-order valence-electron chi connectivity index (χ2n) is 6.27. The zero-order valence-electron chi connectivity index (χ0n) is 17.3. The Morgan fingerprint density at radius 2 is 1.39 bits per heavy atom. The topological polar surface area (TPSA) is 72.8 Å². The monoisotopic (exact) mass is 392 g/mol. The van der Waals surface area contributed by atoms with Gasteiger partial charge in [0.05, 0.1) is 6.61 Å². The minimum atomic E-state index is -0.800. The lowest BCUT2D eigenvalue weighted by molar-refractivity contribution is -0.161. The van der Waals surface area contributed by atoms with Crippen LogP contribution in [0.15, 0.2) is 48.6 Å². The van der Waals surface area contributed by atoms with Crippen molar-refractivity contribution in [2.45, 2.75) is 71.3 Å². The molecule has 0 saturated heterocycles. The van der Waals surface area contributed by atoms with Gasteiger partial charge in [0.2, 0.25) is 0 Å². The van der Waals surface area contributed by atoms with Crippen molar-refractivity contribution in [3.05, 3.63) is 48.6 Å². The second kappa shape index (κ2) is 19.6. The van der Waals surface area contributed by atoms with Crippen LogP contribution in [0.4, 0.5) is 0 Å². The Balaban J connectivity index is 3.81. The van der Waals surface area contributed by atoms with E-state index in [1.165, 1.54) is 0 Å². The van der Waals surface area contributed by atoms with Crippen molar-refractivity contribution in [3.63, 3.8) is 0 Å². The van der Waals surface area contributed by atoms with Gasteiger partial charge in [0.15, 0.2) is 6.10 Å². The Hall–Kier alpha value is -2.14. The zero-order chi connectivity index (χ0) is 20.9. The van der Waals surface area contributed by atoms with Crippen molar-refractivity contribution >= 4 is 11.9 Å². The molecule has 0 rings (SSSR count). The zero-order valence-corrected chi connectivity index (χ0v) is 17.3. The van der Waals surface area contributed by atoms with Gasteiger partial charge in [-0.3, -0.25) is 9.59 Å². The summed E-state index contributed by atoms with van der Waals surface area (Å²) in [4.78, 5) is 23.0. The lowest BCUT2D eigenvalue weighted by Gasteiger charge is -2.15. The maximum absolute atomic E-state index is 11.8. The maximum atomic E-state index is 11.8. The van der Waals surface area contributed by atoms with Crippen LogP contribution in [0.2, 0.25) is 0 Å². The van der Waals surface area contributed by atoms with E-state index in [1.807, 2.05) is 19.1 Å². The van der Waals surface area contributed by atoms with Crippen LogP contribution in [0.3, 0.4) is 0 Å². The molecule has 5 heteroatoms. The molecule has 158 valence electrons. The van der Waals surface area contributed by atoms with Gasteiger partial charge in [-0.05, 0) is 38.5 Å². The summed E-state index contributed by atoms with van der Waals surface area (Å²) in [5, 5.41) is 9.20. The minimum absolute atomic E-state index is 0.106. The maximum Gasteiger partial charge on any atom is 0.306 e. The molecule has 0 aromatic carbocycles. The molecule has 0 spiro atoms. The van der Waals surface area contributed by atoms with Crippen molar-refractivity contribution in [1.82, 2.24) is 0 Å². The van der Waals surface area contributed by atoms with Gasteiger partial charge < -0.3 is 14.6 Å². The van der Waals surface area contributed by atoms with E-state index in [0.717, 1.165) is 25.7 Å². The van der Waals surface area contributed by atoms with E-state index in [-0.39, 0.29) is 25.6 Å². The first-order valence-electron chi connectivity index (χ1n) is 10.2. The SMILES string of the molecule is CC/C=C\C/C=C\C/C=C\C/C=C\CCC(=O)OC(CO)COC(=O)CCC. The number of hydrogen-bond donors (Lipinski definition) is 1. The van der Waals surface area contributed by atoms with E-state index in [2.05, 4.69) is 43.4 Å². The molecule has 0 aliphatic heterocycles. The van der Waals surface area contributed by atoms with E-state index < -0.39 is 12.1 Å². The molecule has 0 fully saturated rings. The van der Waals surface area contributed by atoms with E-state index in [4.69, 9.17) is 9.47 Å². The first-order valence-corrected chi connectivity index (χ1v) is 10.2. The molecule has 28 heavy (non-hydrogen) atoms. The largest absolute Gasteiger partial charge is 0.462 e. The predicted molar refractivity (Wildman–Crippen MR) is 113 cm³/mol. The number of esters is 2. The fraction of sp³-hybridized carbons (Fsp3) is 0.565. The van der Waals surface area contributed by atoms with E-state index in [1.54, 1.807) is 0 Å². The molecular formula is C23H36O5. The Bertz CT molecular complexity index is 517. The smallest absolute Gasteiger partial charge is 0.306 e. The van der Waals surface area contributed by atoms with Gasteiger partial charge >= 0.3 is 11.9 Å². The highest BCUT2D eigenvalue weighted by molar-refractivity contribution is 5.70. The summed E-state index contributed by atoms with van der Waals surface area (Å²) in [7, 11) is 0. The molecule has 0 heterocycles. The molecule has 0 radical (unpaired) electrons. The Morgan fingerprint density at radius 3 is 1.93 bits per heavy atom. The summed E-state index contributed by atoms with van der Waals surface area (Å²) in [6.07, 6.45) is 21.6. The highest BCUT2D eigenvalue weighted by Gasteiger charge is 2.15. The van der Waals surface area contributed by atoms with Crippen LogP contribution in [0.25, 0.3) is 0 Å². The molecule has 0 aliphatic rings. The van der Waals surface area contributed by atoms with Crippen LogP contribution in [-0.4, -0.2) is 36.4 Å². The van der Waals surface area contributed by atoms with Gasteiger partial charge in [-0.2, -0.15) is 0 Å². The normalized spacial score (nSPS) is 13.1. The number of ether oxygens (including phenoxy) is 2. The molecule has 5 nitrogen and oxygen atoms in total. The number of carbonyl (C=O) groups excluding carboxylic acids is 2. The van der Waals surface area contributed by atoms with E-state index >= 15 is 0 Å². The molecule has 0 aliphatic carbocycles. The fourth-order valence-electron chi connectivity index (χ4n) is 2.13. The highest BCUT2D eigenvalue weighted by atomic mass is 16.6. The number of rotatable bonds is 16. The molecule has 0 aromatic heterocycles. The van der Waals surface area contributed by atoms with Gasteiger partial charge in [-0.1, -0.05) is 62.5 Å². The van der Waals surface area contributed by atoms with Crippen LogP contribution in [-0.2, 0) is 19.1 Å². The number of allylic oxidation sites excluding steroid dienone is 8. The second-order valence-corrected chi connectivity index (χ2v) is 6.27. The van der Waals surface area contributed by atoms with Crippen molar-refractivity contribution in [1.29, 1.82) is 0 Å². The summed E-state index contributed by atoms with van der Waals surface area (Å²) < 4.78 is 10.1. The average molecular weight is 393 g/mol. The van der Waals surface area contributed by atoms with E-state index in [0.29, 0.717) is 19.3 Å².